The Morgan fingerprint density at radius 1 is 1.07 bits per heavy atom. The standard InChI is InChI=1S/C22H23F2N3O/c23-18-20(25)17-16(28)11-13-27(15-9-10-15)22(17)19(24)21(18)26-12-5-4-8-14-6-2-1-3-7-14/h1-3,6-7,11,13,15,26H,4-5,8-10,12,25H2. The molecule has 0 radical (unpaired) electrons. The first-order valence-corrected chi connectivity index (χ1v) is 9.67. The summed E-state index contributed by atoms with van der Waals surface area (Å²) in [6.07, 6.45) is 5.97. The fraction of sp³-hybridized carbons (Fsp3) is 0.318. The Morgan fingerprint density at radius 3 is 2.54 bits per heavy atom. The molecule has 0 saturated heterocycles. The van der Waals surface area contributed by atoms with Crippen molar-refractivity contribution in [2.45, 2.75) is 38.1 Å². The van der Waals surface area contributed by atoms with Crippen LogP contribution in [0.25, 0.3) is 10.9 Å². The molecule has 2 aromatic carbocycles. The van der Waals surface area contributed by atoms with Gasteiger partial charge in [-0.1, -0.05) is 30.3 Å². The molecule has 0 unspecified atom stereocenters. The van der Waals surface area contributed by atoms with E-state index >= 15 is 4.39 Å². The van der Waals surface area contributed by atoms with E-state index in [0.29, 0.717) is 6.54 Å². The van der Waals surface area contributed by atoms with E-state index in [1.165, 1.54) is 11.6 Å². The van der Waals surface area contributed by atoms with Crippen LogP contribution in [-0.2, 0) is 6.42 Å². The number of unbranched alkanes of at least 4 members (excludes halogenated alkanes) is 1. The van der Waals surface area contributed by atoms with Gasteiger partial charge in [0.05, 0.1) is 16.6 Å². The smallest absolute Gasteiger partial charge is 0.191 e. The summed E-state index contributed by atoms with van der Waals surface area (Å²) in [5, 5.41) is 2.79. The fourth-order valence-electron chi connectivity index (χ4n) is 3.62. The minimum Gasteiger partial charge on any atom is -0.396 e. The van der Waals surface area contributed by atoms with Gasteiger partial charge in [-0.2, -0.15) is 0 Å². The van der Waals surface area contributed by atoms with E-state index in [1.54, 1.807) is 10.8 Å². The van der Waals surface area contributed by atoms with Crippen LogP contribution < -0.4 is 16.5 Å². The number of nitrogens with one attached hydrogen (secondary N) is 1. The zero-order valence-electron chi connectivity index (χ0n) is 15.6. The molecular formula is C22H23F2N3O. The lowest BCUT2D eigenvalue weighted by molar-refractivity contribution is 0.589. The number of nitrogens with zero attached hydrogens (tertiary/aromatic N) is 1. The number of nitrogen functional groups attached to an aromatic ring is 1. The number of anilines is 2. The molecule has 1 aromatic heterocycles. The highest BCUT2D eigenvalue weighted by Gasteiger charge is 2.29. The van der Waals surface area contributed by atoms with Crippen LogP contribution in [0.4, 0.5) is 20.2 Å². The fourth-order valence-corrected chi connectivity index (χ4v) is 3.62. The lowest BCUT2D eigenvalue weighted by Crippen LogP contribution is -2.15. The minimum atomic E-state index is -0.890. The highest BCUT2D eigenvalue weighted by atomic mass is 19.1. The minimum absolute atomic E-state index is 0.0703. The largest absolute Gasteiger partial charge is 0.396 e. The molecule has 3 aromatic rings. The summed E-state index contributed by atoms with van der Waals surface area (Å²) in [7, 11) is 0. The number of aryl methyl sites for hydroxylation is 1. The van der Waals surface area contributed by atoms with E-state index in [9.17, 15) is 9.18 Å². The molecule has 4 rings (SSSR count). The Kier molecular flexibility index (Phi) is 5.03. The summed E-state index contributed by atoms with van der Waals surface area (Å²) in [5.41, 5.74) is 6.23. The average molecular weight is 383 g/mol. The molecule has 1 fully saturated rings. The van der Waals surface area contributed by atoms with Crippen molar-refractivity contribution in [3.8, 4) is 0 Å². The van der Waals surface area contributed by atoms with Crippen LogP contribution in [0.5, 0.6) is 0 Å². The van der Waals surface area contributed by atoms with Crippen LogP contribution in [0.2, 0.25) is 0 Å². The highest BCUT2D eigenvalue weighted by molar-refractivity contribution is 5.94. The molecule has 0 bridgehead atoms. The maximum absolute atomic E-state index is 15.2. The molecule has 0 amide bonds. The van der Waals surface area contributed by atoms with Gasteiger partial charge in [0, 0.05) is 24.8 Å². The number of nitrogens with two attached hydrogens (primary N) is 1. The third-order valence-electron chi connectivity index (χ3n) is 5.26. The summed E-state index contributed by atoms with van der Waals surface area (Å²) in [6.45, 7) is 0.423. The molecule has 3 N–H and O–H groups in total. The Balaban J connectivity index is 1.55. The summed E-state index contributed by atoms with van der Waals surface area (Å²) >= 11 is 0. The predicted molar refractivity (Wildman–Crippen MR) is 109 cm³/mol. The Morgan fingerprint density at radius 2 is 1.82 bits per heavy atom. The first kappa shape index (κ1) is 18.5. The van der Waals surface area contributed by atoms with Crippen LogP contribution in [0.15, 0.2) is 47.4 Å². The molecule has 4 nitrogen and oxygen atoms in total. The molecule has 146 valence electrons. The van der Waals surface area contributed by atoms with Gasteiger partial charge in [-0.25, -0.2) is 8.78 Å². The zero-order chi connectivity index (χ0) is 19.7. The molecule has 6 heteroatoms. The van der Waals surface area contributed by atoms with Gasteiger partial charge < -0.3 is 15.6 Å². The predicted octanol–water partition coefficient (Wildman–Crippen LogP) is 4.63. The van der Waals surface area contributed by atoms with Crippen molar-refractivity contribution >= 4 is 22.3 Å². The zero-order valence-corrected chi connectivity index (χ0v) is 15.6. The molecule has 0 spiro atoms. The van der Waals surface area contributed by atoms with Gasteiger partial charge in [0.25, 0.3) is 0 Å². The van der Waals surface area contributed by atoms with E-state index in [0.717, 1.165) is 32.1 Å². The van der Waals surface area contributed by atoms with Crippen LogP contribution in [0, 0.1) is 11.6 Å². The van der Waals surface area contributed by atoms with Gasteiger partial charge in [0.15, 0.2) is 17.1 Å². The van der Waals surface area contributed by atoms with Crippen molar-refractivity contribution in [1.82, 2.24) is 4.57 Å². The van der Waals surface area contributed by atoms with Gasteiger partial charge in [-0.15, -0.1) is 0 Å². The topological polar surface area (TPSA) is 60.0 Å². The molecule has 0 atom stereocenters. The summed E-state index contributed by atoms with van der Waals surface area (Å²) in [5.74, 6) is -1.63. The summed E-state index contributed by atoms with van der Waals surface area (Å²) in [4.78, 5) is 12.2. The number of hydrogen-bond acceptors (Lipinski definition) is 3. The SMILES string of the molecule is Nc1c(F)c(NCCCCc2ccccc2)c(F)c2c1c(=O)ccn2C1CC1. The van der Waals surface area contributed by atoms with Crippen LogP contribution in [-0.4, -0.2) is 11.1 Å². The summed E-state index contributed by atoms with van der Waals surface area (Å²) in [6, 6.07) is 11.6. The Bertz CT molecular complexity index is 1060. The first-order chi connectivity index (χ1) is 13.6. The molecule has 28 heavy (non-hydrogen) atoms. The first-order valence-electron chi connectivity index (χ1n) is 9.67. The van der Waals surface area contributed by atoms with E-state index in [-0.39, 0.29) is 28.3 Å². The number of hydrogen-bond donors (Lipinski definition) is 2. The van der Waals surface area contributed by atoms with Gasteiger partial charge in [0.1, 0.15) is 5.69 Å². The van der Waals surface area contributed by atoms with Crippen LogP contribution in [0.1, 0.15) is 37.3 Å². The molecule has 1 aliphatic rings. The monoisotopic (exact) mass is 383 g/mol. The molecule has 0 aliphatic heterocycles. The number of pyridine rings is 1. The van der Waals surface area contributed by atoms with Crippen molar-refractivity contribution in [2.75, 3.05) is 17.6 Å². The number of rotatable bonds is 7. The van der Waals surface area contributed by atoms with Crippen molar-refractivity contribution in [2.24, 2.45) is 0 Å². The number of fused-ring (bicyclic) bond motifs is 1. The second-order valence-corrected chi connectivity index (χ2v) is 7.33. The van der Waals surface area contributed by atoms with Crippen LogP contribution >= 0.6 is 0 Å². The lowest BCUT2D eigenvalue weighted by atomic mass is 10.1. The van der Waals surface area contributed by atoms with Gasteiger partial charge >= 0.3 is 0 Å². The maximum atomic E-state index is 15.2. The Labute approximate surface area is 162 Å². The van der Waals surface area contributed by atoms with Crippen molar-refractivity contribution in [3.05, 3.63) is 70.0 Å². The maximum Gasteiger partial charge on any atom is 0.191 e. The highest BCUT2D eigenvalue weighted by Crippen LogP contribution is 2.40. The van der Waals surface area contributed by atoms with Crippen LogP contribution in [0.3, 0.4) is 0 Å². The number of halogens is 2. The molecular weight excluding hydrogens is 360 g/mol. The molecule has 1 heterocycles. The van der Waals surface area contributed by atoms with Gasteiger partial charge in [0.2, 0.25) is 0 Å². The van der Waals surface area contributed by atoms with Crippen molar-refractivity contribution in [3.63, 3.8) is 0 Å². The van der Waals surface area contributed by atoms with E-state index in [1.807, 2.05) is 18.2 Å². The van der Waals surface area contributed by atoms with E-state index in [4.69, 9.17) is 5.73 Å². The third kappa shape index (κ3) is 3.46. The third-order valence-corrected chi connectivity index (χ3v) is 5.26. The molecule has 1 aliphatic carbocycles. The second kappa shape index (κ2) is 7.62. The van der Waals surface area contributed by atoms with Gasteiger partial charge in [-0.05, 0) is 37.7 Å². The van der Waals surface area contributed by atoms with E-state index < -0.39 is 17.1 Å². The Hall–Kier alpha value is -2.89. The summed E-state index contributed by atoms with van der Waals surface area (Å²) < 4.78 is 31.6. The van der Waals surface area contributed by atoms with E-state index in [2.05, 4.69) is 17.4 Å². The van der Waals surface area contributed by atoms with Crippen molar-refractivity contribution in [1.29, 1.82) is 0 Å². The number of aromatic nitrogens is 1. The lowest BCUT2D eigenvalue weighted by Gasteiger charge is -2.17. The normalized spacial score (nSPS) is 13.8. The second-order valence-electron chi connectivity index (χ2n) is 7.33. The number of benzene rings is 2. The average Bonchev–Trinajstić information content (AvgIpc) is 3.54. The molecule has 1 saturated carbocycles. The quantitative estimate of drug-likeness (QED) is 0.462. The van der Waals surface area contributed by atoms with Gasteiger partial charge in [-0.3, -0.25) is 4.79 Å². The van der Waals surface area contributed by atoms with Crippen molar-refractivity contribution < 1.29 is 8.78 Å².